The largest absolute Gasteiger partial charge is 0.477 e. The van der Waals surface area contributed by atoms with Crippen molar-refractivity contribution in [2.75, 3.05) is 26.3 Å². The number of aromatic nitrogens is 2. The van der Waals surface area contributed by atoms with E-state index in [0.29, 0.717) is 49.9 Å². The van der Waals surface area contributed by atoms with Crippen LogP contribution >= 0.6 is 11.3 Å². The van der Waals surface area contributed by atoms with E-state index in [1.165, 1.54) is 17.7 Å². The second kappa shape index (κ2) is 8.51. The van der Waals surface area contributed by atoms with E-state index in [2.05, 4.69) is 15.3 Å². The average molecular weight is 392 g/mol. The van der Waals surface area contributed by atoms with Gasteiger partial charge in [-0.05, 0) is 39.2 Å². The van der Waals surface area contributed by atoms with Crippen LogP contribution in [0.2, 0.25) is 0 Å². The molecule has 9 heteroatoms. The first-order valence-electron chi connectivity index (χ1n) is 9.14. The van der Waals surface area contributed by atoms with Gasteiger partial charge in [0.15, 0.2) is 0 Å². The van der Waals surface area contributed by atoms with Gasteiger partial charge in [0.25, 0.3) is 5.91 Å². The number of likely N-dealkylation sites (tertiary alicyclic amines) is 1. The molecule has 0 unspecified atom stereocenters. The third-order valence-corrected chi connectivity index (χ3v) is 5.73. The number of nitrogens with zero attached hydrogens (tertiary/aromatic N) is 3. The lowest BCUT2D eigenvalue weighted by molar-refractivity contribution is 0.0862. The van der Waals surface area contributed by atoms with E-state index in [9.17, 15) is 9.59 Å². The summed E-state index contributed by atoms with van der Waals surface area (Å²) in [5.74, 6) is 0.394. The fourth-order valence-corrected chi connectivity index (χ4v) is 4.22. The van der Waals surface area contributed by atoms with E-state index in [1.807, 2.05) is 13.8 Å². The standard InChI is InChI=1S/C18H24N4O4S/c1-4-25-16-13-11(3)14(27-17(13)20-10-19-16)15(23)21-12-6-8-22(9-7-12)18(24)26-5-2/h10,12H,4-9H2,1-3H3,(H,21,23). The van der Waals surface area contributed by atoms with Crippen LogP contribution in [0.25, 0.3) is 10.2 Å². The first-order chi connectivity index (χ1) is 13.0. The summed E-state index contributed by atoms with van der Waals surface area (Å²) >= 11 is 1.34. The van der Waals surface area contributed by atoms with Crippen molar-refractivity contribution >= 4 is 33.6 Å². The van der Waals surface area contributed by atoms with Crippen LogP contribution in [0.1, 0.15) is 41.9 Å². The Kier molecular flexibility index (Phi) is 6.10. The zero-order valence-corrected chi connectivity index (χ0v) is 16.6. The van der Waals surface area contributed by atoms with E-state index in [1.54, 1.807) is 11.8 Å². The number of ether oxygens (including phenoxy) is 2. The highest BCUT2D eigenvalue weighted by Gasteiger charge is 2.26. The van der Waals surface area contributed by atoms with Crippen LogP contribution in [0, 0.1) is 6.92 Å². The van der Waals surface area contributed by atoms with E-state index in [0.717, 1.165) is 15.8 Å². The molecule has 0 radical (unpaired) electrons. The molecule has 0 bridgehead atoms. The molecule has 0 aliphatic carbocycles. The van der Waals surface area contributed by atoms with Gasteiger partial charge in [0, 0.05) is 19.1 Å². The van der Waals surface area contributed by atoms with Crippen molar-refractivity contribution in [1.82, 2.24) is 20.2 Å². The Morgan fingerprint density at radius 1 is 1.26 bits per heavy atom. The molecule has 1 aliphatic heterocycles. The number of nitrogens with one attached hydrogen (secondary N) is 1. The van der Waals surface area contributed by atoms with Gasteiger partial charge in [-0.2, -0.15) is 0 Å². The summed E-state index contributed by atoms with van der Waals surface area (Å²) in [7, 11) is 0. The summed E-state index contributed by atoms with van der Waals surface area (Å²) in [6.45, 7) is 7.61. The number of carbonyl (C=O) groups is 2. The van der Waals surface area contributed by atoms with Crippen LogP contribution in [0.4, 0.5) is 4.79 Å². The van der Waals surface area contributed by atoms with E-state index in [4.69, 9.17) is 9.47 Å². The Morgan fingerprint density at radius 3 is 2.67 bits per heavy atom. The number of rotatable bonds is 5. The lowest BCUT2D eigenvalue weighted by Crippen LogP contribution is -2.46. The van der Waals surface area contributed by atoms with E-state index < -0.39 is 0 Å². The van der Waals surface area contributed by atoms with Gasteiger partial charge in [-0.3, -0.25) is 4.79 Å². The van der Waals surface area contributed by atoms with Crippen molar-refractivity contribution in [3.8, 4) is 5.88 Å². The minimum atomic E-state index is -0.287. The lowest BCUT2D eigenvalue weighted by atomic mass is 10.1. The molecule has 0 saturated carbocycles. The number of fused-ring (bicyclic) bond motifs is 1. The predicted octanol–water partition coefficient (Wildman–Crippen LogP) is 2.75. The van der Waals surface area contributed by atoms with E-state index in [-0.39, 0.29) is 18.0 Å². The number of hydrogen-bond donors (Lipinski definition) is 1. The first kappa shape index (κ1) is 19.3. The van der Waals surface area contributed by atoms with Crippen molar-refractivity contribution < 1.29 is 19.1 Å². The van der Waals surface area contributed by atoms with Gasteiger partial charge in [-0.1, -0.05) is 0 Å². The Labute approximate surface area is 161 Å². The quantitative estimate of drug-likeness (QED) is 0.841. The fraction of sp³-hybridized carbons (Fsp3) is 0.556. The number of aryl methyl sites for hydroxylation is 1. The molecule has 2 aromatic rings. The van der Waals surface area contributed by atoms with Crippen LogP contribution < -0.4 is 10.1 Å². The maximum absolute atomic E-state index is 12.8. The minimum absolute atomic E-state index is 0.0326. The van der Waals surface area contributed by atoms with Crippen molar-refractivity contribution in [2.45, 2.75) is 39.7 Å². The highest BCUT2D eigenvalue weighted by molar-refractivity contribution is 7.20. The normalized spacial score (nSPS) is 15.0. The molecule has 3 rings (SSSR count). The maximum atomic E-state index is 12.8. The molecule has 146 valence electrons. The summed E-state index contributed by atoms with van der Waals surface area (Å²) in [4.78, 5) is 36.1. The van der Waals surface area contributed by atoms with Gasteiger partial charge in [0.05, 0.1) is 23.5 Å². The number of piperidine rings is 1. The first-order valence-corrected chi connectivity index (χ1v) is 9.96. The number of carbonyl (C=O) groups excluding carboxylic acids is 2. The Hall–Kier alpha value is -2.42. The average Bonchev–Trinajstić information content (AvgIpc) is 3.01. The fourth-order valence-electron chi connectivity index (χ4n) is 3.17. The zero-order chi connectivity index (χ0) is 19.4. The number of hydrogen-bond acceptors (Lipinski definition) is 7. The van der Waals surface area contributed by atoms with Crippen molar-refractivity contribution in [3.63, 3.8) is 0 Å². The van der Waals surface area contributed by atoms with Crippen LogP contribution in [0.3, 0.4) is 0 Å². The van der Waals surface area contributed by atoms with Crippen LogP contribution in [0.5, 0.6) is 5.88 Å². The highest BCUT2D eigenvalue weighted by Crippen LogP contribution is 2.34. The van der Waals surface area contributed by atoms with Gasteiger partial charge in [-0.15, -0.1) is 11.3 Å². The molecule has 2 amide bonds. The third kappa shape index (κ3) is 4.13. The Balaban J connectivity index is 1.68. The van der Waals surface area contributed by atoms with Gasteiger partial charge in [0.1, 0.15) is 11.2 Å². The molecule has 0 atom stereocenters. The second-order valence-corrected chi connectivity index (χ2v) is 7.28. The van der Waals surface area contributed by atoms with Gasteiger partial charge in [0.2, 0.25) is 5.88 Å². The van der Waals surface area contributed by atoms with Gasteiger partial charge < -0.3 is 19.7 Å². The maximum Gasteiger partial charge on any atom is 0.409 e. The van der Waals surface area contributed by atoms with Gasteiger partial charge >= 0.3 is 6.09 Å². The molecule has 0 aromatic carbocycles. The van der Waals surface area contributed by atoms with Crippen molar-refractivity contribution in [2.24, 2.45) is 0 Å². The second-order valence-electron chi connectivity index (χ2n) is 6.28. The topological polar surface area (TPSA) is 93.7 Å². The highest BCUT2D eigenvalue weighted by atomic mass is 32.1. The van der Waals surface area contributed by atoms with Crippen molar-refractivity contribution in [3.05, 3.63) is 16.8 Å². The monoisotopic (exact) mass is 392 g/mol. The number of amides is 2. The smallest absolute Gasteiger partial charge is 0.409 e. The Bertz CT molecular complexity index is 830. The van der Waals surface area contributed by atoms with Crippen LogP contribution in [0.15, 0.2) is 6.33 Å². The molecule has 8 nitrogen and oxygen atoms in total. The summed E-state index contributed by atoms with van der Waals surface area (Å²) in [5.41, 5.74) is 0.834. The molecule has 2 aromatic heterocycles. The molecular weight excluding hydrogens is 368 g/mol. The minimum Gasteiger partial charge on any atom is -0.477 e. The Morgan fingerprint density at radius 2 is 2.00 bits per heavy atom. The van der Waals surface area contributed by atoms with Gasteiger partial charge in [-0.25, -0.2) is 14.8 Å². The van der Waals surface area contributed by atoms with Crippen LogP contribution in [-0.4, -0.2) is 59.2 Å². The molecule has 0 spiro atoms. The summed E-state index contributed by atoms with van der Waals surface area (Å²) in [6.07, 6.45) is 2.58. The third-order valence-electron chi connectivity index (χ3n) is 4.54. The van der Waals surface area contributed by atoms with E-state index >= 15 is 0 Å². The SMILES string of the molecule is CCOC(=O)N1CCC(NC(=O)c2sc3ncnc(OCC)c3c2C)CC1. The zero-order valence-electron chi connectivity index (χ0n) is 15.8. The summed E-state index contributed by atoms with van der Waals surface area (Å²) in [6, 6.07) is 0.0326. The lowest BCUT2D eigenvalue weighted by Gasteiger charge is -2.31. The molecule has 27 heavy (non-hydrogen) atoms. The molecule has 1 saturated heterocycles. The van der Waals surface area contributed by atoms with Crippen LogP contribution in [-0.2, 0) is 4.74 Å². The summed E-state index contributed by atoms with van der Waals surface area (Å²) < 4.78 is 10.6. The number of thiophene rings is 1. The molecule has 3 heterocycles. The molecule has 1 N–H and O–H groups in total. The molecule has 1 aliphatic rings. The summed E-state index contributed by atoms with van der Waals surface area (Å²) in [5, 5.41) is 3.88. The van der Waals surface area contributed by atoms with Crippen molar-refractivity contribution in [1.29, 1.82) is 0 Å². The molecular formula is C18H24N4O4S. The molecule has 1 fully saturated rings. The predicted molar refractivity (Wildman–Crippen MR) is 102 cm³/mol.